The first-order chi connectivity index (χ1) is 10.4. The molecule has 0 spiro atoms. The van der Waals surface area contributed by atoms with Gasteiger partial charge in [0.25, 0.3) is 0 Å². The monoisotopic (exact) mass is 278 g/mol. The minimum Gasteiger partial charge on any atom is -0.372 e. The molecule has 1 saturated heterocycles. The first-order valence-corrected chi connectivity index (χ1v) is 7.55. The topological polar surface area (TPSA) is 33.4 Å². The van der Waals surface area contributed by atoms with Crippen LogP contribution in [-0.2, 0) is 0 Å². The molecule has 0 radical (unpaired) electrons. The molecular formula is C17H18N4. The number of anilines is 1. The van der Waals surface area contributed by atoms with E-state index < -0.39 is 0 Å². The van der Waals surface area contributed by atoms with Crippen molar-refractivity contribution < 1.29 is 0 Å². The predicted octanol–water partition coefficient (Wildman–Crippen LogP) is 3.39. The SMILES string of the molecule is c1cc2ncc(-c3ccc(N4CCCCC4)cc3)cn2n1. The molecule has 0 bridgehead atoms. The average Bonchev–Trinajstić information content (AvgIpc) is 3.03. The number of aromatic nitrogens is 3. The highest BCUT2D eigenvalue weighted by molar-refractivity contribution is 5.66. The van der Waals surface area contributed by atoms with Crippen LogP contribution in [0.2, 0.25) is 0 Å². The molecule has 0 N–H and O–H groups in total. The van der Waals surface area contributed by atoms with Crippen molar-refractivity contribution in [3.05, 3.63) is 48.9 Å². The van der Waals surface area contributed by atoms with Crippen LogP contribution in [0.25, 0.3) is 16.8 Å². The highest BCUT2D eigenvalue weighted by Gasteiger charge is 2.10. The zero-order valence-electron chi connectivity index (χ0n) is 11.9. The van der Waals surface area contributed by atoms with Crippen LogP contribution in [-0.4, -0.2) is 27.7 Å². The third-order valence-corrected chi connectivity index (χ3v) is 4.17. The van der Waals surface area contributed by atoms with Gasteiger partial charge in [0.05, 0.1) is 6.20 Å². The Morgan fingerprint density at radius 3 is 2.48 bits per heavy atom. The lowest BCUT2D eigenvalue weighted by Crippen LogP contribution is -2.29. The van der Waals surface area contributed by atoms with E-state index in [1.165, 1.54) is 43.6 Å². The second kappa shape index (κ2) is 5.20. The zero-order chi connectivity index (χ0) is 14.1. The minimum atomic E-state index is 0.878. The summed E-state index contributed by atoms with van der Waals surface area (Å²) in [6.45, 7) is 2.36. The third kappa shape index (κ3) is 2.37. The number of hydrogen-bond acceptors (Lipinski definition) is 3. The highest BCUT2D eigenvalue weighted by Crippen LogP contribution is 2.24. The number of rotatable bonds is 2. The molecule has 3 heterocycles. The molecule has 0 atom stereocenters. The second-order valence-corrected chi connectivity index (χ2v) is 5.57. The molecule has 1 aromatic carbocycles. The molecular weight excluding hydrogens is 260 g/mol. The molecule has 21 heavy (non-hydrogen) atoms. The molecule has 0 amide bonds. The van der Waals surface area contributed by atoms with Crippen LogP contribution in [0.5, 0.6) is 0 Å². The molecule has 1 aliphatic rings. The van der Waals surface area contributed by atoms with Gasteiger partial charge in [0.1, 0.15) is 0 Å². The fourth-order valence-corrected chi connectivity index (χ4v) is 2.98. The number of hydrogen-bond donors (Lipinski definition) is 0. The molecule has 1 fully saturated rings. The summed E-state index contributed by atoms with van der Waals surface area (Å²) in [6.07, 6.45) is 9.68. The fraction of sp³-hybridized carbons (Fsp3) is 0.294. The van der Waals surface area contributed by atoms with E-state index in [0.717, 1.165) is 11.2 Å². The Balaban J connectivity index is 1.62. The lowest BCUT2D eigenvalue weighted by molar-refractivity contribution is 0.578. The summed E-state index contributed by atoms with van der Waals surface area (Å²) in [5.41, 5.74) is 4.48. The molecule has 2 aromatic heterocycles. The van der Waals surface area contributed by atoms with Gasteiger partial charge in [-0.1, -0.05) is 12.1 Å². The maximum absolute atomic E-state index is 4.42. The predicted molar refractivity (Wildman–Crippen MR) is 84.5 cm³/mol. The van der Waals surface area contributed by atoms with Crippen molar-refractivity contribution in [2.75, 3.05) is 18.0 Å². The van der Waals surface area contributed by atoms with Crippen LogP contribution in [0.1, 0.15) is 19.3 Å². The summed E-state index contributed by atoms with van der Waals surface area (Å²) in [4.78, 5) is 6.89. The lowest BCUT2D eigenvalue weighted by Gasteiger charge is -2.28. The Morgan fingerprint density at radius 1 is 0.857 bits per heavy atom. The normalized spacial score (nSPS) is 15.5. The molecule has 106 valence electrons. The van der Waals surface area contributed by atoms with Crippen molar-refractivity contribution in [3.63, 3.8) is 0 Å². The van der Waals surface area contributed by atoms with Crippen LogP contribution in [0, 0.1) is 0 Å². The molecule has 4 nitrogen and oxygen atoms in total. The van der Waals surface area contributed by atoms with Crippen molar-refractivity contribution in [1.29, 1.82) is 0 Å². The summed E-state index contributed by atoms with van der Waals surface area (Å²) in [5, 5.41) is 4.24. The Kier molecular flexibility index (Phi) is 3.07. The first kappa shape index (κ1) is 12.4. The molecule has 3 aromatic rings. The van der Waals surface area contributed by atoms with Crippen molar-refractivity contribution in [1.82, 2.24) is 14.6 Å². The van der Waals surface area contributed by atoms with Crippen molar-refractivity contribution in [3.8, 4) is 11.1 Å². The summed E-state index contributed by atoms with van der Waals surface area (Å²) in [7, 11) is 0. The Hall–Kier alpha value is -2.36. The number of benzene rings is 1. The highest BCUT2D eigenvalue weighted by atomic mass is 15.2. The molecule has 4 heteroatoms. The Bertz CT molecular complexity index is 739. The number of fused-ring (bicyclic) bond motifs is 1. The van der Waals surface area contributed by atoms with Crippen LogP contribution in [0.3, 0.4) is 0 Å². The van der Waals surface area contributed by atoms with E-state index in [9.17, 15) is 0 Å². The Morgan fingerprint density at radius 2 is 1.67 bits per heavy atom. The van der Waals surface area contributed by atoms with E-state index in [2.05, 4.69) is 39.2 Å². The van der Waals surface area contributed by atoms with Gasteiger partial charge in [-0.3, -0.25) is 0 Å². The minimum absolute atomic E-state index is 0.878. The van der Waals surface area contributed by atoms with Gasteiger partial charge in [-0.15, -0.1) is 0 Å². The number of nitrogens with zero attached hydrogens (tertiary/aromatic N) is 4. The molecule has 1 aliphatic heterocycles. The fourth-order valence-electron chi connectivity index (χ4n) is 2.98. The van der Waals surface area contributed by atoms with Crippen LogP contribution in [0.4, 0.5) is 5.69 Å². The van der Waals surface area contributed by atoms with Crippen molar-refractivity contribution in [2.24, 2.45) is 0 Å². The van der Waals surface area contributed by atoms with E-state index in [0.29, 0.717) is 0 Å². The van der Waals surface area contributed by atoms with E-state index >= 15 is 0 Å². The van der Waals surface area contributed by atoms with Crippen LogP contribution >= 0.6 is 0 Å². The van der Waals surface area contributed by atoms with Gasteiger partial charge in [0.15, 0.2) is 5.65 Å². The van der Waals surface area contributed by atoms with Crippen LogP contribution < -0.4 is 4.90 Å². The maximum Gasteiger partial charge on any atom is 0.154 e. The standard InChI is InChI=1S/C17H18N4/c1-2-10-20(11-3-1)16-6-4-14(5-7-16)15-12-18-17-8-9-19-21(17)13-15/h4-9,12-13H,1-3,10-11H2. The van der Waals surface area contributed by atoms with E-state index in [1.54, 1.807) is 6.20 Å². The van der Waals surface area contributed by atoms with Crippen molar-refractivity contribution >= 4 is 11.3 Å². The number of piperidine rings is 1. The average molecular weight is 278 g/mol. The molecule has 0 saturated carbocycles. The quantitative estimate of drug-likeness (QED) is 0.720. The van der Waals surface area contributed by atoms with E-state index in [4.69, 9.17) is 0 Å². The Labute approximate surface area is 124 Å². The third-order valence-electron chi connectivity index (χ3n) is 4.17. The molecule has 0 aliphatic carbocycles. The second-order valence-electron chi connectivity index (χ2n) is 5.57. The van der Waals surface area contributed by atoms with Gasteiger partial charge in [0.2, 0.25) is 0 Å². The van der Waals surface area contributed by atoms with Gasteiger partial charge in [0, 0.05) is 42.8 Å². The lowest BCUT2D eigenvalue weighted by atomic mass is 10.1. The van der Waals surface area contributed by atoms with E-state index in [1.807, 2.05) is 23.0 Å². The summed E-state index contributed by atoms with van der Waals surface area (Å²) in [5.74, 6) is 0. The zero-order valence-corrected chi connectivity index (χ0v) is 11.9. The van der Waals surface area contributed by atoms with Gasteiger partial charge >= 0.3 is 0 Å². The van der Waals surface area contributed by atoms with E-state index in [-0.39, 0.29) is 0 Å². The first-order valence-electron chi connectivity index (χ1n) is 7.55. The summed E-state index contributed by atoms with van der Waals surface area (Å²) >= 11 is 0. The largest absolute Gasteiger partial charge is 0.372 e. The van der Waals surface area contributed by atoms with Crippen LogP contribution in [0.15, 0.2) is 48.9 Å². The van der Waals surface area contributed by atoms with Gasteiger partial charge in [-0.25, -0.2) is 9.50 Å². The summed E-state index contributed by atoms with van der Waals surface area (Å²) < 4.78 is 1.81. The smallest absolute Gasteiger partial charge is 0.154 e. The van der Waals surface area contributed by atoms with Gasteiger partial charge in [-0.05, 0) is 37.0 Å². The maximum atomic E-state index is 4.42. The van der Waals surface area contributed by atoms with Gasteiger partial charge in [-0.2, -0.15) is 5.10 Å². The molecule has 4 rings (SSSR count). The van der Waals surface area contributed by atoms with Gasteiger partial charge < -0.3 is 4.90 Å². The van der Waals surface area contributed by atoms with Crippen molar-refractivity contribution in [2.45, 2.75) is 19.3 Å². The summed E-state index contributed by atoms with van der Waals surface area (Å²) in [6, 6.07) is 10.7. The molecule has 0 unspecified atom stereocenters.